The normalized spacial score (nSPS) is 16.0. The molecule has 2 atom stereocenters. The Bertz CT molecular complexity index is 1300. The van der Waals surface area contributed by atoms with Gasteiger partial charge < -0.3 is 15.1 Å². The monoisotopic (exact) mass is 494 g/mol. The molecule has 35 heavy (non-hydrogen) atoms. The van der Waals surface area contributed by atoms with Crippen LogP contribution < -0.4 is 11.1 Å². The van der Waals surface area contributed by atoms with E-state index in [0.717, 1.165) is 22.3 Å². The van der Waals surface area contributed by atoms with E-state index < -0.39 is 0 Å². The standard InChI is InChI=1S/C26H28ClFN6O/c1-15-9-19(28)5-6-20(15)23-11-18(14-34-8-7-33(4)26(34)29)12-24(32-23)25(35)31-17(3)22-10-16(2)21(27)13-30-22/h5-13,17,26H,14,29H2,1-4H3,(H,31,35). The maximum absolute atomic E-state index is 13.7. The van der Waals surface area contributed by atoms with Gasteiger partial charge in [0.2, 0.25) is 0 Å². The topological polar surface area (TPSA) is 87.4 Å². The summed E-state index contributed by atoms with van der Waals surface area (Å²) in [4.78, 5) is 26.1. The van der Waals surface area contributed by atoms with Crippen LogP contribution in [0.25, 0.3) is 11.3 Å². The first-order valence-corrected chi connectivity index (χ1v) is 11.6. The van der Waals surface area contributed by atoms with Crippen LogP contribution in [0.1, 0.15) is 45.8 Å². The van der Waals surface area contributed by atoms with Crippen LogP contribution in [0, 0.1) is 19.7 Å². The van der Waals surface area contributed by atoms with Crippen molar-refractivity contribution in [1.29, 1.82) is 0 Å². The molecule has 4 rings (SSSR count). The fourth-order valence-corrected chi connectivity index (χ4v) is 4.05. The lowest BCUT2D eigenvalue weighted by Crippen LogP contribution is -2.43. The zero-order valence-corrected chi connectivity index (χ0v) is 20.8. The molecular formula is C26H28ClFN6O. The Morgan fingerprint density at radius 1 is 1.20 bits per heavy atom. The van der Waals surface area contributed by atoms with Crippen LogP contribution in [0.15, 0.2) is 55.0 Å². The van der Waals surface area contributed by atoms with Gasteiger partial charge in [0.15, 0.2) is 6.29 Å². The molecule has 0 saturated heterocycles. The summed E-state index contributed by atoms with van der Waals surface area (Å²) in [6.07, 6.45) is 5.07. The van der Waals surface area contributed by atoms with Crippen molar-refractivity contribution in [3.63, 3.8) is 0 Å². The lowest BCUT2D eigenvalue weighted by molar-refractivity contribution is 0.0934. The van der Waals surface area contributed by atoms with Gasteiger partial charge in [-0.05, 0) is 73.9 Å². The van der Waals surface area contributed by atoms with Gasteiger partial charge in [-0.1, -0.05) is 11.6 Å². The summed E-state index contributed by atoms with van der Waals surface area (Å²) in [7, 11) is 1.90. The van der Waals surface area contributed by atoms with Crippen molar-refractivity contribution in [3.05, 3.63) is 93.9 Å². The van der Waals surface area contributed by atoms with Crippen molar-refractivity contribution in [1.82, 2.24) is 25.1 Å². The molecule has 1 aromatic carbocycles. The highest BCUT2D eigenvalue weighted by Crippen LogP contribution is 2.26. The summed E-state index contributed by atoms with van der Waals surface area (Å²) < 4.78 is 13.7. The average molecular weight is 495 g/mol. The number of carbonyl (C=O) groups excluding carboxylic acids is 1. The second-order valence-electron chi connectivity index (χ2n) is 8.81. The lowest BCUT2D eigenvalue weighted by Gasteiger charge is -2.27. The molecule has 3 heterocycles. The highest BCUT2D eigenvalue weighted by Gasteiger charge is 2.22. The number of carbonyl (C=O) groups is 1. The van der Waals surface area contributed by atoms with Crippen molar-refractivity contribution in [2.75, 3.05) is 7.05 Å². The van der Waals surface area contributed by atoms with E-state index in [9.17, 15) is 9.18 Å². The molecule has 3 N–H and O–H groups in total. The molecule has 9 heteroatoms. The number of benzene rings is 1. The molecule has 2 aromatic heterocycles. The molecule has 1 aliphatic heterocycles. The second-order valence-corrected chi connectivity index (χ2v) is 9.22. The van der Waals surface area contributed by atoms with Gasteiger partial charge in [0.25, 0.3) is 5.91 Å². The van der Waals surface area contributed by atoms with Crippen molar-refractivity contribution >= 4 is 17.5 Å². The van der Waals surface area contributed by atoms with Crippen LogP contribution in [0.3, 0.4) is 0 Å². The average Bonchev–Trinajstić information content (AvgIpc) is 3.12. The molecule has 182 valence electrons. The van der Waals surface area contributed by atoms with E-state index in [-0.39, 0.29) is 29.7 Å². The number of pyridine rings is 2. The molecule has 2 unspecified atom stereocenters. The Kier molecular flexibility index (Phi) is 7.05. The predicted molar refractivity (Wildman–Crippen MR) is 135 cm³/mol. The van der Waals surface area contributed by atoms with E-state index in [0.29, 0.717) is 23.0 Å². The molecule has 7 nitrogen and oxygen atoms in total. The fraction of sp³-hybridized carbons (Fsp3) is 0.269. The molecule has 3 aromatic rings. The molecule has 1 amide bonds. The van der Waals surface area contributed by atoms with Gasteiger partial charge in [-0.25, -0.2) is 9.37 Å². The van der Waals surface area contributed by atoms with Gasteiger partial charge in [-0.15, -0.1) is 0 Å². The van der Waals surface area contributed by atoms with Gasteiger partial charge in [-0.2, -0.15) is 0 Å². The lowest BCUT2D eigenvalue weighted by atomic mass is 10.0. The Morgan fingerprint density at radius 2 is 1.97 bits per heavy atom. The first-order valence-electron chi connectivity index (χ1n) is 11.2. The summed E-state index contributed by atoms with van der Waals surface area (Å²) in [6.45, 7) is 6.04. The molecule has 0 spiro atoms. The van der Waals surface area contributed by atoms with Crippen LogP contribution in [0.5, 0.6) is 0 Å². The molecule has 1 aliphatic rings. The van der Waals surface area contributed by atoms with Crippen LogP contribution in [-0.2, 0) is 6.54 Å². The van der Waals surface area contributed by atoms with Crippen molar-refractivity contribution in [2.45, 2.75) is 39.6 Å². The van der Waals surface area contributed by atoms with Gasteiger partial charge in [0.1, 0.15) is 11.5 Å². The van der Waals surface area contributed by atoms with E-state index in [1.54, 1.807) is 18.3 Å². The number of nitrogens with two attached hydrogens (primary N) is 1. The first-order chi connectivity index (χ1) is 16.6. The van der Waals surface area contributed by atoms with Crippen LogP contribution in [-0.4, -0.2) is 39.0 Å². The van der Waals surface area contributed by atoms with Crippen molar-refractivity contribution in [2.24, 2.45) is 5.73 Å². The van der Waals surface area contributed by atoms with E-state index in [1.807, 2.05) is 62.2 Å². The van der Waals surface area contributed by atoms with Crippen LogP contribution in [0.4, 0.5) is 4.39 Å². The second kappa shape index (κ2) is 10.0. The van der Waals surface area contributed by atoms with E-state index in [2.05, 4.69) is 15.3 Å². The minimum Gasteiger partial charge on any atom is -0.347 e. The van der Waals surface area contributed by atoms with Gasteiger partial charge in [0.05, 0.1) is 22.5 Å². The van der Waals surface area contributed by atoms with Crippen LogP contribution in [0.2, 0.25) is 5.02 Å². The largest absolute Gasteiger partial charge is 0.347 e. The molecule has 0 aliphatic carbocycles. The summed E-state index contributed by atoms with van der Waals surface area (Å²) in [5.41, 5.74) is 11.0. The van der Waals surface area contributed by atoms with E-state index >= 15 is 0 Å². The molecule has 0 bridgehead atoms. The first kappa shape index (κ1) is 24.6. The number of hydrogen-bond donors (Lipinski definition) is 2. The Hall–Kier alpha value is -3.49. The number of hydrogen-bond acceptors (Lipinski definition) is 6. The SMILES string of the molecule is Cc1cc(C(C)NC(=O)c2cc(CN3C=CN(C)C3N)cc(-c3ccc(F)cc3C)n2)ncc1Cl. The molecule has 0 fully saturated rings. The number of aromatic nitrogens is 2. The number of aryl methyl sites for hydroxylation is 2. The maximum Gasteiger partial charge on any atom is 0.270 e. The highest BCUT2D eigenvalue weighted by molar-refractivity contribution is 6.31. The highest BCUT2D eigenvalue weighted by atomic mass is 35.5. The smallest absolute Gasteiger partial charge is 0.270 e. The predicted octanol–water partition coefficient (Wildman–Crippen LogP) is 4.50. The van der Waals surface area contributed by atoms with Gasteiger partial charge in [-0.3, -0.25) is 15.5 Å². The Labute approximate surface area is 209 Å². The minimum absolute atomic E-state index is 0.254. The van der Waals surface area contributed by atoms with E-state index in [4.69, 9.17) is 17.3 Å². The summed E-state index contributed by atoms with van der Waals surface area (Å²) >= 11 is 6.09. The summed E-state index contributed by atoms with van der Waals surface area (Å²) in [5, 5.41) is 3.54. The zero-order valence-electron chi connectivity index (χ0n) is 20.1. The minimum atomic E-state index is -0.358. The number of nitrogens with zero attached hydrogens (tertiary/aromatic N) is 4. The molecule has 0 saturated carbocycles. The Balaban J connectivity index is 1.67. The summed E-state index contributed by atoms with van der Waals surface area (Å²) in [5.74, 6) is -0.663. The Morgan fingerprint density at radius 3 is 2.63 bits per heavy atom. The summed E-state index contributed by atoms with van der Waals surface area (Å²) in [6, 6.07) is 9.67. The van der Waals surface area contributed by atoms with Crippen molar-refractivity contribution in [3.8, 4) is 11.3 Å². The van der Waals surface area contributed by atoms with Gasteiger partial charge >= 0.3 is 0 Å². The molecular weight excluding hydrogens is 467 g/mol. The third kappa shape index (κ3) is 5.44. The third-order valence-corrected chi connectivity index (χ3v) is 6.45. The number of amides is 1. The fourth-order valence-electron chi connectivity index (χ4n) is 3.95. The number of rotatable bonds is 6. The van der Waals surface area contributed by atoms with Gasteiger partial charge in [0, 0.05) is 37.8 Å². The van der Waals surface area contributed by atoms with E-state index in [1.165, 1.54) is 12.1 Å². The van der Waals surface area contributed by atoms with Crippen molar-refractivity contribution < 1.29 is 9.18 Å². The quantitative estimate of drug-likeness (QED) is 0.524. The number of nitrogens with one attached hydrogen (secondary N) is 1. The zero-order chi connectivity index (χ0) is 25.3. The number of halogens is 2. The van der Waals surface area contributed by atoms with Crippen LogP contribution >= 0.6 is 11.6 Å². The maximum atomic E-state index is 13.7. The third-order valence-electron chi connectivity index (χ3n) is 6.06. The molecule has 0 radical (unpaired) electrons.